The zero-order valence-electron chi connectivity index (χ0n) is 9.45. The van der Waals surface area contributed by atoms with Crippen molar-refractivity contribution < 1.29 is 4.79 Å². The second-order valence-electron chi connectivity index (χ2n) is 4.14. The number of thiazole rings is 1. The number of carbonyl (C=O) groups is 1. The molecule has 0 aromatic carbocycles. The summed E-state index contributed by atoms with van der Waals surface area (Å²) in [5.74, 6) is 0.0835. The van der Waals surface area contributed by atoms with Crippen molar-refractivity contribution in [3.63, 3.8) is 0 Å². The molecule has 88 valence electrons. The third-order valence-corrected chi connectivity index (χ3v) is 3.48. The van der Waals surface area contributed by atoms with Gasteiger partial charge in [-0.05, 0) is 19.8 Å². The molecule has 0 bridgehead atoms. The van der Waals surface area contributed by atoms with Gasteiger partial charge in [0, 0.05) is 30.1 Å². The molecule has 0 saturated heterocycles. The summed E-state index contributed by atoms with van der Waals surface area (Å²) in [5.41, 5.74) is 1.06. The summed E-state index contributed by atoms with van der Waals surface area (Å²) in [7, 11) is 0. The number of rotatable bonds is 6. The van der Waals surface area contributed by atoms with Gasteiger partial charge < -0.3 is 10.6 Å². The summed E-state index contributed by atoms with van der Waals surface area (Å²) in [5, 5.41) is 9.20. The third kappa shape index (κ3) is 3.90. The molecule has 1 aromatic heterocycles. The molecule has 0 spiro atoms. The van der Waals surface area contributed by atoms with E-state index in [2.05, 4.69) is 15.6 Å². The molecule has 1 fully saturated rings. The van der Waals surface area contributed by atoms with Crippen LogP contribution in [0.2, 0.25) is 0 Å². The summed E-state index contributed by atoms with van der Waals surface area (Å²) >= 11 is 1.65. The Bertz CT molecular complexity index is 360. The van der Waals surface area contributed by atoms with Crippen molar-refractivity contribution in [2.75, 3.05) is 13.1 Å². The van der Waals surface area contributed by atoms with Crippen molar-refractivity contribution in [3.05, 3.63) is 16.1 Å². The number of hydrogen-bond donors (Lipinski definition) is 2. The molecule has 16 heavy (non-hydrogen) atoms. The van der Waals surface area contributed by atoms with Gasteiger partial charge in [0.1, 0.15) is 0 Å². The van der Waals surface area contributed by atoms with Gasteiger partial charge in [0.2, 0.25) is 5.91 Å². The Morgan fingerprint density at radius 1 is 1.62 bits per heavy atom. The zero-order chi connectivity index (χ0) is 11.4. The van der Waals surface area contributed by atoms with Gasteiger partial charge in [-0.15, -0.1) is 11.3 Å². The Balaban J connectivity index is 1.57. The molecule has 1 saturated carbocycles. The molecular weight excluding hydrogens is 222 g/mol. The van der Waals surface area contributed by atoms with Crippen molar-refractivity contribution in [1.29, 1.82) is 0 Å². The fourth-order valence-electron chi connectivity index (χ4n) is 1.41. The highest BCUT2D eigenvalue weighted by Crippen LogP contribution is 2.17. The van der Waals surface area contributed by atoms with Crippen molar-refractivity contribution in [1.82, 2.24) is 15.6 Å². The van der Waals surface area contributed by atoms with Gasteiger partial charge in [0.15, 0.2) is 0 Å². The Morgan fingerprint density at radius 2 is 2.44 bits per heavy atom. The van der Waals surface area contributed by atoms with Gasteiger partial charge in [-0.1, -0.05) is 0 Å². The number of amides is 1. The van der Waals surface area contributed by atoms with Crippen LogP contribution in [0, 0.1) is 6.92 Å². The monoisotopic (exact) mass is 239 g/mol. The van der Waals surface area contributed by atoms with Gasteiger partial charge in [-0.2, -0.15) is 0 Å². The maximum atomic E-state index is 11.4. The van der Waals surface area contributed by atoms with Crippen molar-refractivity contribution >= 4 is 17.2 Å². The first-order chi connectivity index (χ1) is 7.74. The summed E-state index contributed by atoms with van der Waals surface area (Å²) < 4.78 is 0. The molecule has 1 heterocycles. The molecule has 1 amide bonds. The van der Waals surface area contributed by atoms with Crippen LogP contribution in [-0.2, 0) is 11.2 Å². The fourth-order valence-corrected chi connectivity index (χ4v) is 2.19. The first kappa shape index (κ1) is 11.5. The normalized spacial score (nSPS) is 15.1. The minimum atomic E-state index is 0.0835. The highest BCUT2D eigenvalue weighted by Gasteiger charge is 2.20. The van der Waals surface area contributed by atoms with Crippen LogP contribution in [0.25, 0.3) is 0 Å². The molecule has 0 aliphatic heterocycles. The SMILES string of the molecule is Cc1csc(CCNC(=O)CNC2CC2)n1. The number of aryl methyl sites for hydroxylation is 1. The molecule has 1 aliphatic rings. The van der Waals surface area contributed by atoms with E-state index in [0.717, 1.165) is 17.1 Å². The van der Waals surface area contributed by atoms with Gasteiger partial charge in [0.25, 0.3) is 0 Å². The van der Waals surface area contributed by atoms with Gasteiger partial charge >= 0.3 is 0 Å². The van der Waals surface area contributed by atoms with Gasteiger partial charge in [-0.25, -0.2) is 4.98 Å². The number of aromatic nitrogens is 1. The average molecular weight is 239 g/mol. The van der Waals surface area contributed by atoms with E-state index in [1.807, 2.05) is 12.3 Å². The molecule has 5 heteroatoms. The van der Waals surface area contributed by atoms with Crippen LogP contribution < -0.4 is 10.6 Å². The van der Waals surface area contributed by atoms with Crippen LogP contribution >= 0.6 is 11.3 Å². The lowest BCUT2D eigenvalue weighted by molar-refractivity contribution is -0.120. The molecule has 0 atom stereocenters. The maximum absolute atomic E-state index is 11.4. The Labute approximate surface area is 99.5 Å². The molecule has 2 rings (SSSR count). The number of hydrogen-bond acceptors (Lipinski definition) is 4. The fraction of sp³-hybridized carbons (Fsp3) is 0.636. The largest absolute Gasteiger partial charge is 0.355 e. The van der Waals surface area contributed by atoms with Crippen LogP contribution in [0.15, 0.2) is 5.38 Å². The molecule has 0 radical (unpaired) electrons. The standard InChI is InChI=1S/C11H17N3OS/c1-8-7-16-11(14-8)4-5-12-10(15)6-13-9-2-3-9/h7,9,13H,2-6H2,1H3,(H,12,15). The predicted molar refractivity (Wildman–Crippen MR) is 64.6 cm³/mol. The van der Waals surface area contributed by atoms with E-state index in [1.165, 1.54) is 12.8 Å². The van der Waals surface area contributed by atoms with Crippen LogP contribution in [0.4, 0.5) is 0 Å². The summed E-state index contributed by atoms with van der Waals surface area (Å²) in [6.45, 7) is 3.11. The van der Waals surface area contributed by atoms with E-state index in [1.54, 1.807) is 11.3 Å². The maximum Gasteiger partial charge on any atom is 0.233 e. The van der Waals surface area contributed by atoms with E-state index < -0.39 is 0 Å². The van der Waals surface area contributed by atoms with E-state index in [9.17, 15) is 4.79 Å². The number of carbonyl (C=O) groups excluding carboxylic acids is 1. The van der Waals surface area contributed by atoms with Crippen molar-refractivity contribution in [2.45, 2.75) is 32.2 Å². The molecule has 1 aromatic rings. The van der Waals surface area contributed by atoms with Gasteiger partial charge in [-0.3, -0.25) is 4.79 Å². The smallest absolute Gasteiger partial charge is 0.233 e. The quantitative estimate of drug-likeness (QED) is 0.774. The minimum absolute atomic E-state index is 0.0835. The van der Waals surface area contributed by atoms with Crippen molar-refractivity contribution in [3.8, 4) is 0 Å². The third-order valence-electron chi connectivity index (χ3n) is 2.46. The van der Waals surface area contributed by atoms with Crippen LogP contribution in [0.5, 0.6) is 0 Å². The lowest BCUT2D eigenvalue weighted by Crippen LogP contribution is -2.35. The summed E-state index contributed by atoms with van der Waals surface area (Å²) in [6.07, 6.45) is 3.25. The average Bonchev–Trinajstić information content (AvgIpc) is 2.99. The molecule has 1 aliphatic carbocycles. The first-order valence-corrected chi connectivity index (χ1v) is 6.53. The highest BCUT2D eigenvalue weighted by molar-refractivity contribution is 7.09. The minimum Gasteiger partial charge on any atom is -0.355 e. The van der Waals surface area contributed by atoms with Crippen LogP contribution in [0.3, 0.4) is 0 Å². The first-order valence-electron chi connectivity index (χ1n) is 5.65. The lowest BCUT2D eigenvalue weighted by atomic mass is 10.4. The van der Waals surface area contributed by atoms with Crippen LogP contribution in [0.1, 0.15) is 23.5 Å². The van der Waals surface area contributed by atoms with E-state index in [0.29, 0.717) is 19.1 Å². The molecular formula is C11H17N3OS. The van der Waals surface area contributed by atoms with Gasteiger partial charge in [0.05, 0.1) is 11.6 Å². The van der Waals surface area contributed by atoms with Crippen LogP contribution in [-0.4, -0.2) is 30.0 Å². The van der Waals surface area contributed by atoms with E-state index >= 15 is 0 Å². The predicted octanol–water partition coefficient (Wildman–Crippen LogP) is 0.862. The van der Waals surface area contributed by atoms with E-state index in [4.69, 9.17) is 0 Å². The second-order valence-corrected chi connectivity index (χ2v) is 5.08. The topological polar surface area (TPSA) is 54.0 Å². The Kier molecular flexibility index (Phi) is 3.90. The number of nitrogens with one attached hydrogen (secondary N) is 2. The van der Waals surface area contributed by atoms with Crippen molar-refractivity contribution in [2.24, 2.45) is 0 Å². The Hall–Kier alpha value is -0.940. The molecule has 4 nitrogen and oxygen atoms in total. The Morgan fingerprint density at radius 3 is 3.06 bits per heavy atom. The molecule has 2 N–H and O–H groups in total. The molecule has 0 unspecified atom stereocenters. The van der Waals surface area contributed by atoms with E-state index in [-0.39, 0.29) is 5.91 Å². The summed E-state index contributed by atoms with van der Waals surface area (Å²) in [6, 6.07) is 0.590. The lowest BCUT2D eigenvalue weighted by Gasteiger charge is -2.04. The highest BCUT2D eigenvalue weighted by atomic mass is 32.1. The zero-order valence-corrected chi connectivity index (χ0v) is 10.3. The second kappa shape index (κ2) is 5.41. The number of nitrogens with zero attached hydrogens (tertiary/aromatic N) is 1. The summed E-state index contributed by atoms with van der Waals surface area (Å²) in [4.78, 5) is 15.7.